The smallest absolute Gasteiger partial charge is 0.268 e. The Kier molecular flexibility index (Phi) is 41.0. The summed E-state index contributed by atoms with van der Waals surface area (Å²) in [6.45, 7) is 4.67. The van der Waals surface area contributed by atoms with Gasteiger partial charge in [-0.3, -0.25) is 9.36 Å². The Balaban J connectivity index is 4.23. The summed E-state index contributed by atoms with van der Waals surface area (Å²) in [6, 6.07) is -0.880. The molecule has 0 saturated carbocycles. The number of quaternary nitrogens is 1. The third kappa shape index (κ3) is 43.3. The van der Waals surface area contributed by atoms with Gasteiger partial charge in [-0.2, -0.15) is 0 Å². The van der Waals surface area contributed by atoms with E-state index in [-0.39, 0.29) is 19.1 Å². The molecule has 346 valence electrons. The van der Waals surface area contributed by atoms with Crippen LogP contribution in [0.4, 0.5) is 0 Å². The molecule has 0 aromatic heterocycles. The lowest BCUT2D eigenvalue weighted by Gasteiger charge is -2.29. The number of aliphatic hydroxyl groups is 1. The van der Waals surface area contributed by atoms with Crippen molar-refractivity contribution in [1.82, 2.24) is 5.32 Å². The molecule has 0 rings (SSSR count). The lowest BCUT2D eigenvalue weighted by molar-refractivity contribution is -0.870. The van der Waals surface area contributed by atoms with Crippen LogP contribution in [-0.2, 0) is 18.4 Å². The zero-order valence-electron chi connectivity index (χ0n) is 39.3. The number of carbonyl (C=O) groups is 1. The van der Waals surface area contributed by atoms with Crippen molar-refractivity contribution in [2.24, 2.45) is 0 Å². The van der Waals surface area contributed by atoms with Gasteiger partial charge in [-0.1, -0.05) is 231 Å². The number of phosphoric ester groups is 1. The van der Waals surface area contributed by atoms with Gasteiger partial charge in [0.15, 0.2) is 0 Å². The van der Waals surface area contributed by atoms with Gasteiger partial charge in [-0.25, -0.2) is 0 Å². The molecule has 3 unspecified atom stereocenters. The Labute approximate surface area is 361 Å². The lowest BCUT2D eigenvalue weighted by atomic mass is 10.0. The second-order valence-corrected chi connectivity index (χ2v) is 19.9. The van der Waals surface area contributed by atoms with Crippen molar-refractivity contribution >= 4 is 13.7 Å². The van der Waals surface area contributed by atoms with E-state index in [1.54, 1.807) is 6.08 Å². The highest BCUT2D eigenvalue weighted by molar-refractivity contribution is 7.45. The molecule has 8 nitrogen and oxygen atoms in total. The summed E-state index contributed by atoms with van der Waals surface area (Å²) >= 11 is 0. The van der Waals surface area contributed by atoms with Crippen LogP contribution < -0.4 is 10.2 Å². The van der Waals surface area contributed by atoms with Gasteiger partial charge in [-0.05, 0) is 19.3 Å². The minimum Gasteiger partial charge on any atom is -0.756 e. The first-order valence-corrected chi connectivity index (χ1v) is 26.5. The Morgan fingerprint density at radius 1 is 0.586 bits per heavy atom. The Bertz CT molecular complexity index is 958. The number of nitrogens with one attached hydrogen (secondary N) is 1. The van der Waals surface area contributed by atoms with Gasteiger partial charge >= 0.3 is 0 Å². The van der Waals surface area contributed by atoms with E-state index in [2.05, 4.69) is 19.2 Å². The predicted octanol–water partition coefficient (Wildman–Crippen LogP) is 13.7. The molecule has 9 heteroatoms. The molecule has 1 amide bonds. The van der Waals surface area contributed by atoms with Crippen LogP contribution in [0.1, 0.15) is 245 Å². The number of hydrogen-bond acceptors (Lipinski definition) is 6. The summed E-state index contributed by atoms with van der Waals surface area (Å²) in [6.07, 6.45) is 48.3. The van der Waals surface area contributed by atoms with E-state index in [4.69, 9.17) is 9.05 Å². The van der Waals surface area contributed by atoms with Crippen LogP contribution in [0.2, 0.25) is 0 Å². The summed E-state index contributed by atoms with van der Waals surface area (Å²) < 4.78 is 23.2. The van der Waals surface area contributed by atoms with Gasteiger partial charge in [0.2, 0.25) is 5.91 Å². The molecule has 0 bridgehead atoms. The maximum atomic E-state index is 12.9. The number of carbonyl (C=O) groups excluding carboxylic acids is 1. The quantitative estimate of drug-likeness (QED) is 0.0273. The van der Waals surface area contributed by atoms with Crippen molar-refractivity contribution in [2.45, 2.75) is 257 Å². The van der Waals surface area contributed by atoms with E-state index in [0.29, 0.717) is 17.4 Å². The second-order valence-electron chi connectivity index (χ2n) is 18.5. The van der Waals surface area contributed by atoms with Crippen LogP contribution in [0.25, 0.3) is 0 Å². The molecule has 0 spiro atoms. The number of hydrogen-bond donors (Lipinski definition) is 2. The molecule has 0 fully saturated rings. The Morgan fingerprint density at radius 2 is 0.931 bits per heavy atom. The standard InChI is InChI=1S/C49H99N2O6P/c1-6-8-10-12-14-16-18-20-22-23-24-25-26-27-28-29-31-33-35-37-39-41-43-49(53)50-47(46-57-58(54,55)56-45-44-51(3,4)5)48(52)42-40-38-36-34-32-30-21-19-17-15-13-11-9-7-2/h40,42,47-48,52H,6-39,41,43-46H2,1-5H3,(H-,50,53,54,55)/b42-40+. The number of allylic oxidation sites excluding steroid dienone is 1. The minimum absolute atomic E-state index is 0.00230. The number of aliphatic hydroxyl groups excluding tert-OH is 1. The third-order valence-corrected chi connectivity index (χ3v) is 12.5. The molecule has 0 aliphatic rings. The van der Waals surface area contributed by atoms with E-state index in [9.17, 15) is 19.4 Å². The topological polar surface area (TPSA) is 108 Å². The molecular weight excluding hydrogens is 744 g/mol. The number of rotatable bonds is 46. The fraction of sp³-hybridized carbons (Fsp3) is 0.939. The first-order chi connectivity index (χ1) is 28.0. The summed E-state index contributed by atoms with van der Waals surface area (Å²) in [5.74, 6) is -0.193. The fourth-order valence-electron chi connectivity index (χ4n) is 7.51. The van der Waals surface area contributed by atoms with Crippen molar-refractivity contribution in [1.29, 1.82) is 0 Å². The fourth-order valence-corrected chi connectivity index (χ4v) is 8.23. The van der Waals surface area contributed by atoms with Gasteiger partial charge in [0.25, 0.3) is 7.82 Å². The van der Waals surface area contributed by atoms with Crippen LogP contribution in [0.15, 0.2) is 12.2 Å². The molecule has 0 aliphatic carbocycles. The average Bonchev–Trinajstić information content (AvgIpc) is 3.17. The largest absolute Gasteiger partial charge is 0.756 e. The minimum atomic E-state index is -4.58. The highest BCUT2D eigenvalue weighted by Gasteiger charge is 2.23. The molecular formula is C49H99N2O6P. The highest BCUT2D eigenvalue weighted by Crippen LogP contribution is 2.38. The van der Waals surface area contributed by atoms with E-state index in [1.165, 1.54) is 186 Å². The first-order valence-electron chi connectivity index (χ1n) is 25.1. The van der Waals surface area contributed by atoms with Crippen LogP contribution in [0.3, 0.4) is 0 Å². The predicted molar refractivity (Wildman–Crippen MR) is 247 cm³/mol. The van der Waals surface area contributed by atoms with Gasteiger partial charge in [-0.15, -0.1) is 0 Å². The molecule has 0 aliphatic heterocycles. The van der Waals surface area contributed by atoms with Crippen molar-refractivity contribution in [3.8, 4) is 0 Å². The van der Waals surface area contributed by atoms with Crippen LogP contribution in [0, 0.1) is 0 Å². The van der Waals surface area contributed by atoms with Crippen molar-refractivity contribution in [3.63, 3.8) is 0 Å². The molecule has 58 heavy (non-hydrogen) atoms. The molecule has 0 aromatic carbocycles. The monoisotopic (exact) mass is 843 g/mol. The highest BCUT2D eigenvalue weighted by atomic mass is 31.2. The van der Waals surface area contributed by atoms with E-state index in [1.807, 2.05) is 27.2 Å². The van der Waals surface area contributed by atoms with Gasteiger partial charge in [0, 0.05) is 6.42 Å². The van der Waals surface area contributed by atoms with Crippen molar-refractivity contribution in [2.75, 3.05) is 40.9 Å². The summed E-state index contributed by atoms with van der Waals surface area (Å²) in [4.78, 5) is 25.4. The number of amides is 1. The van der Waals surface area contributed by atoms with Crippen LogP contribution >= 0.6 is 7.82 Å². The normalized spacial score (nSPS) is 14.3. The third-order valence-electron chi connectivity index (χ3n) is 11.5. The van der Waals surface area contributed by atoms with Crippen molar-refractivity contribution in [3.05, 3.63) is 12.2 Å². The average molecular weight is 843 g/mol. The lowest BCUT2D eigenvalue weighted by Crippen LogP contribution is -2.45. The number of unbranched alkanes of at least 4 members (excludes halogenated alkanes) is 33. The van der Waals surface area contributed by atoms with Gasteiger partial charge in [0.05, 0.1) is 39.9 Å². The molecule has 0 saturated heterocycles. The zero-order valence-corrected chi connectivity index (χ0v) is 40.2. The number of phosphoric acid groups is 1. The Hall–Kier alpha value is -0.760. The summed E-state index contributed by atoms with van der Waals surface area (Å²) in [7, 11) is 1.27. The van der Waals surface area contributed by atoms with Gasteiger partial charge in [0.1, 0.15) is 13.2 Å². The van der Waals surface area contributed by atoms with E-state index >= 15 is 0 Å². The number of nitrogens with zero attached hydrogens (tertiary/aromatic N) is 1. The summed E-state index contributed by atoms with van der Waals surface area (Å²) in [5.41, 5.74) is 0. The summed E-state index contributed by atoms with van der Waals surface area (Å²) in [5, 5.41) is 13.8. The first kappa shape index (κ1) is 57.2. The second kappa shape index (κ2) is 41.6. The van der Waals surface area contributed by atoms with Crippen LogP contribution in [-0.4, -0.2) is 68.5 Å². The maximum absolute atomic E-state index is 12.9. The molecule has 0 radical (unpaired) electrons. The van der Waals surface area contributed by atoms with Crippen molar-refractivity contribution < 1.29 is 32.9 Å². The SMILES string of the molecule is CCCCCCCCCCCCCC/C=C/C(O)C(COP(=O)([O-])OCC[N+](C)(C)C)NC(=O)CCCCCCCCCCCCCCCCCCCCCCCC. The molecule has 0 aromatic rings. The van der Waals surface area contributed by atoms with E-state index < -0.39 is 20.0 Å². The molecule has 0 heterocycles. The molecule has 3 atom stereocenters. The molecule has 2 N–H and O–H groups in total. The van der Waals surface area contributed by atoms with Crippen LogP contribution in [0.5, 0.6) is 0 Å². The number of likely N-dealkylation sites (N-methyl/N-ethyl adjacent to an activating group) is 1. The zero-order chi connectivity index (χ0) is 42.8. The Morgan fingerprint density at radius 3 is 1.29 bits per heavy atom. The van der Waals surface area contributed by atoms with Gasteiger partial charge < -0.3 is 28.8 Å². The maximum Gasteiger partial charge on any atom is 0.268 e. The van der Waals surface area contributed by atoms with E-state index in [0.717, 1.165) is 38.5 Å².